The molecule has 9 rings (SSSR count). The number of amides is 4. The number of nitrogens with zero attached hydrogens (tertiary/aromatic N) is 6. The van der Waals surface area contributed by atoms with E-state index in [0.717, 1.165) is 72.9 Å². The molecule has 4 aliphatic heterocycles. The van der Waals surface area contributed by atoms with Gasteiger partial charge in [-0.2, -0.15) is 0 Å². The Kier molecular flexibility index (Phi) is 13.6. The number of fused-ring (bicyclic) bond motifs is 3. The molecule has 4 aromatic rings. The van der Waals surface area contributed by atoms with Crippen LogP contribution in [0.25, 0.3) is 22.3 Å². The van der Waals surface area contributed by atoms with Crippen molar-refractivity contribution in [2.24, 2.45) is 17.3 Å². The van der Waals surface area contributed by atoms with Gasteiger partial charge in [-0.3, -0.25) is 14.5 Å². The zero-order chi connectivity index (χ0) is 47.0. The van der Waals surface area contributed by atoms with E-state index in [4.69, 9.17) is 6.42 Å². The number of urea groups is 1. The maximum absolute atomic E-state index is 14.2. The number of rotatable bonds is 9. The lowest BCUT2D eigenvalue weighted by molar-refractivity contribution is -0.142. The van der Waals surface area contributed by atoms with Crippen LogP contribution >= 0.6 is 0 Å². The minimum atomic E-state index is -0.875. The average Bonchev–Trinajstić information content (AvgIpc) is 3.93. The van der Waals surface area contributed by atoms with Gasteiger partial charge in [0.05, 0.1) is 11.8 Å². The van der Waals surface area contributed by atoms with Crippen molar-refractivity contribution < 1.29 is 24.6 Å². The number of aromatic amines is 1. The van der Waals surface area contributed by atoms with Crippen LogP contribution in [0.3, 0.4) is 0 Å². The van der Waals surface area contributed by atoms with Crippen molar-refractivity contribution in [3.05, 3.63) is 77.0 Å². The van der Waals surface area contributed by atoms with Gasteiger partial charge in [-0.1, -0.05) is 51.0 Å². The molecule has 356 valence electrons. The number of carbonyl (C=O) groups is 3. The summed E-state index contributed by atoms with van der Waals surface area (Å²) in [6.07, 6.45) is 15.0. The fourth-order valence-corrected chi connectivity index (χ4v) is 12.1. The van der Waals surface area contributed by atoms with E-state index in [2.05, 4.69) is 54.5 Å². The Morgan fingerprint density at radius 3 is 2.28 bits per heavy atom. The molecule has 2 aromatic carbocycles. The number of aliphatic hydroxyl groups excluding tert-OH is 1. The largest absolute Gasteiger partial charge is 0.507 e. The van der Waals surface area contributed by atoms with Crippen molar-refractivity contribution in [1.82, 2.24) is 45.4 Å². The van der Waals surface area contributed by atoms with Crippen LogP contribution < -0.4 is 10.6 Å². The molecule has 0 radical (unpaired) electrons. The molecule has 0 bridgehead atoms. The van der Waals surface area contributed by atoms with Crippen LogP contribution in [-0.2, 0) is 22.6 Å². The highest BCUT2D eigenvalue weighted by atomic mass is 16.3. The van der Waals surface area contributed by atoms with E-state index in [1.807, 2.05) is 68.1 Å². The summed E-state index contributed by atoms with van der Waals surface area (Å²) in [4.78, 5) is 53.7. The number of nitrogens with one attached hydrogen (secondary N) is 3. The molecule has 2 aromatic heterocycles. The Hall–Kier alpha value is -5.49. The summed E-state index contributed by atoms with van der Waals surface area (Å²) in [6.45, 7) is 12.9. The third-order valence-electron chi connectivity index (χ3n) is 15.9. The van der Waals surface area contributed by atoms with Gasteiger partial charge in [0.25, 0.3) is 0 Å². The molecule has 4 atom stereocenters. The normalized spacial score (nSPS) is 25.1. The SMILES string of the molecule is C#Cc1ccc(CNC(=O)[C@@H]2C[C@@H](O)CN2C(=O)[C@@H](NC(=O)N2CCC(N3CCC([C@H]4CC[C@@H](N5CCc6[nH]c7nnc(-c8ccccc8O)cc7c6[C@H]5C)CC4)CC3)CC2)C(C)(C)C)cc1. The van der Waals surface area contributed by atoms with E-state index < -0.39 is 23.6 Å². The van der Waals surface area contributed by atoms with Gasteiger partial charge in [0.2, 0.25) is 11.8 Å². The number of β-amino-alcohol motifs (C(OH)–C–C–N with tert-alkyl or cyclic N) is 1. The number of benzene rings is 2. The minimum absolute atomic E-state index is 0.0341. The van der Waals surface area contributed by atoms with Gasteiger partial charge < -0.3 is 40.5 Å². The number of hydrogen-bond donors (Lipinski definition) is 5. The standard InChI is InChI=1S/C53H69N9O5/c1-6-34-11-13-35(14-12-34)31-54-50(65)45-29-40(63)32-62(45)51(66)48(53(3,4)5)56-52(67)60-26-21-38(22-27-60)59-24-19-37(20-25-59)36-15-17-39(18-16-36)61-28-23-43-47(33(61)2)42-30-44(57-58-49(42)55-43)41-9-7-8-10-46(41)64/h1,7-14,30,33,36-40,45,48,63-64H,15-29,31-32H2,2-5H3,(H,54,65)(H,55,58)(H,56,67)/t33-,36-,39+,40-,45+,48-/m1/s1. The van der Waals surface area contributed by atoms with Crippen LogP contribution in [0.1, 0.15) is 114 Å². The molecular formula is C53H69N9O5. The van der Waals surface area contributed by atoms with Gasteiger partial charge in [0.15, 0.2) is 5.65 Å². The van der Waals surface area contributed by atoms with E-state index in [-0.39, 0.29) is 49.1 Å². The highest BCUT2D eigenvalue weighted by Crippen LogP contribution is 2.43. The predicted molar refractivity (Wildman–Crippen MR) is 259 cm³/mol. The summed E-state index contributed by atoms with van der Waals surface area (Å²) in [7, 11) is 0. The van der Waals surface area contributed by atoms with Gasteiger partial charge in [-0.25, -0.2) is 4.79 Å². The number of piperidine rings is 2. The second kappa shape index (κ2) is 19.6. The van der Waals surface area contributed by atoms with Crippen LogP contribution in [0.4, 0.5) is 4.79 Å². The molecule has 3 saturated heterocycles. The molecule has 0 spiro atoms. The highest BCUT2D eigenvalue weighted by Gasteiger charge is 2.45. The number of hydrogen-bond acceptors (Lipinski definition) is 9. The number of phenols is 1. The molecule has 14 nitrogen and oxygen atoms in total. The fraction of sp³-hybridized carbons (Fsp3) is 0.566. The Labute approximate surface area is 395 Å². The Morgan fingerprint density at radius 2 is 1.60 bits per heavy atom. The van der Waals surface area contributed by atoms with E-state index in [1.165, 1.54) is 54.7 Å². The van der Waals surface area contributed by atoms with E-state index >= 15 is 0 Å². The van der Waals surface area contributed by atoms with Crippen molar-refractivity contribution in [3.8, 4) is 29.4 Å². The molecule has 6 heterocycles. The maximum atomic E-state index is 14.2. The summed E-state index contributed by atoms with van der Waals surface area (Å²) < 4.78 is 0. The van der Waals surface area contributed by atoms with Crippen LogP contribution in [0.5, 0.6) is 5.75 Å². The molecule has 14 heteroatoms. The molecule has 1 aliphatic carbocycles. The van der Waals surface area contributed by atoms with E-state index in [1.54, 1.807) is 6.07 Å². The number of aromatic nitrogens is 3. The molecule has 4 fully saturated rings. The molecule has 0 unspecified atom stereocenters. The quantitative estimate of drug-likeness (QED) is 0.120. The molecule has 5 N–H and O–H groups in total. The van der Waals surface area contributed by atoms with Gasteiger partial charge in [0, 0.05) is 85.9 Å². The molecule has 1 saturated carbocycles. The Morgan fingerprint density at radius 1 is 0.896 bits per heavy atom. The third-order valence-corrected chi connectivity index (χ3v) is 15.9. The van der Waals surface area contributed by atoms with Crippen molar-refractivity contribution >= 4 is 28.9 Å². The summed E-state index contributed by atoms with van der Waals surface area (Å²) in [6, 6.07) is 16.1. The number of terminal acetylenes is 1. The number of phenolic OH excluding ortho intramolecular Hbond substituents is 1. The van der Waals surface area contributed by atoms with Crippen LogP contribution in [0.15, 0.2) is 54.6 Å². The predicted octanol–water partition coefficient (Wildman–Crippen LogP) is 6.37. The topological polar surface area (TPSA) is 170 Å². The van der Waals surface area contributed by atoms with Gasteiger partial charge in [-0.05, 0) is 130 Å². The van der Waals surface area contributed by atoms with E-state index in [0.29, 0.717) is 36.4 Å². The second-order valence-electron chi connectivity index (χ2n) is 21.1. The van der Waals surface area contributed by atoms with Crippen molar-refractivity contribution in [3.63, 3.8) is 0 Å². The van der Waals surface area contributed by atoms with Crippen LogP contribution in [0, 0.1) is 29.6 Å². The number of aliphatic hydroxyl groups is 1. The highest BCUT2D eigenvalue weighted by molar-refractivity contribution is 5.93. The summed E-state index contributed by atoms with van der Waals surface area (Å²) in [5.74, 6) is 3.63. The molecule has 5 aliphatic rings. The lowest BCUT2D eigenvalue weighted by Gasteiger charge is -2.46. The lowest BCUT2D eigenvalue weighted by Crippen LogP contribution is -2.60. The lowest BCUT2D eigenvalue weighted by atomic mass is 9.73. The Bertz CT molecular complexity index is 2450. The first kappa shape index (κ1) is 46.6. The average molecular weight is 912 g/mol. The first-order chi connectivity index (χ1) is 32.2. The zero-order valence-corrected chi connectivity index (χ0v) is 39.7. The van der Waals surface area contributed by atoms with Crippen molar-refractivity contribution in [2.75, 3.05) is 39.3 Å². The monoisotopic (exact) mass is 912 g/mol. The summed E-state index contributed by atoms with van der Waals surface area (Å²) in [5, 5.41) is 37.2. The zero-order valence-electron chi connectivity index (χ0n) is 39.7. The number of para-hydroxylation sites is 1. The first-order valence-corrected chi connectivity index (χ1v) is 24.8. The fourth-order valence-electron chi connectivity index (χ4n) is 12.1. The Balaban J connectivity index is 0.729. The maximum Gasteiger partial charge on any atom is 0.318 e. The third kappa shape index (κ3) is 9.92. The summed E-state index contributed by atoms with van der Waals surface area (Å²) >= 11 is 0. The molecule has 67 heavy (non-hydrogen) atoms. The number of aromatic hydroxyl groups is 1. The number of likely N-dealkylation sites (tertiary alicyclic amines) is 3. The van der Waals surface area contributed by atoms with Crippen LogP contribution in [-0.4, -0.2) is 132 Å². The number of carbonyl (C=O) groups excluding carboxylic acids is 3. The molecule has 4 amide bonds. The van der Waals surface area contributed by atoms with Gasteiger partial charge in [-0.15, -0.1) is 16.6 Å². The van der Waals surface area contributed by atoms with Gasteiger partial charge >= 0.3 is 6.03 Å². The summed E-state index contributed by atoms with van der Waals surface area (Å²) in [5.41, 5.74) is 5.79. The van der Waals surface area contributed by atoms with E-state index in [9.17, 15) is 24.6 Å². The number of H-pyrrole nitrogens is 1. The van der Waals surface area contributed by atoms with Crippen molar-refractivity contribution in [1.29, 1.82) is 0 Å². The molecular weight excluding hydrogens is 843 g/mol. The minimum Gasteiger partial charge on any atom is -0.507 e. The van der Waals surface area contributed by atoms with Crippen LogP contribution in [0.2, 0.25) is 0 Å². The van der Waals surface area contributed by atoms with Crippen molar-refractivity contribution in [2.45, 2.75) is 135 Å². The second-order valence-corrected chi connectivity index (χ2v) is 21.1. The first-order valence-electron chi connectivity index (χ1n) is 24.8. The smallest absolute Gasteiger partial charge is 0.318 e. The van der Waals surface area contributed by atoms with Gasteiger partial charge in [0.1, 0.15) is 17.8 Å².